The molecular weight excluding hydrogens is 483 g/mol. The lowest BCUT2D eigenvalue weighted by Gasteiger charge is -2.03. The van der Waals surface area contributed by atoms with Gasteiger partial charge in [-0.3, -0.25) is 9.59 Å². The number of hydrogen-bond donors (Lipinski definition) is 2. The lowest BCUT2D eigenvalue weighted by atomic mass is 10.3. The second-order valence-corrected chi connectivity index (χ2v) is 9.87. The highest BCUT2D eigenvalue weighted by molar-refractivity contribution is 8.01. The number of nitrogens with zero attached hydrogens (tertiary/aromatic N) is 2. The van der Waals surface area contributed by atoms with Crippen LogP contribution in [0.2, 0.25) is 0 Å². The van der Waals surface area contributed by atoms with E-state index in [0.717, 1.165) is 16.0 Å². The van der Waals surface area contributed by atoms with Crippen molar-refractivity contribution in [2.24, 2.45) is 0 Å². The zero-order valence-electron chi connectivity index (χ0n) is 17.5. The van der Waals surface area contributed by atoms with E-state index in [1.165, 1.54) is 58.7 Å². The Kier molecular flexibility index (Phi) is 7.53. The van der Waals surface area contributed by atoms with Crippen LogP contribution in [-0.4, -0.2) is 34.1 Å². The van der Waals surface area contributed by atoms with Gasteiger partial charge in [-0.05, 0) is 49.4 Å². The summed E-state index contributed by atoms with van der Waals surface area (Å²) in [6.07, 6.45) is 0.110. The highest BCUT2D eigenvalue weighted by Gasteiger charge is 2.13. The minimum atomic E-state index is -0.361. The molecule has 2 heterocycles. The number of amides is 2. The summed E-state index contributed by atoms with van der Waals surface area (Å²) < 4.78 is 20.1. The molecule has 4 rings (SSSR count). The minimum absolute atomic E-state index is 0.110. The molecule has 0 spiro atoms. The summed E-state index contributed by atoms with van der Waals surface area (Å²) in [7, 11) is 0. The Morgan fingerprint density at radius 2 is 1.91 bits per heavy atom. The second-order valence-electron chi connectivity index (χ2n) is 6.76. The standard InChI is InChI=1S/C22H19FN4O3S3/c1-2-30-16-7-8-17-18(10-16)33-21(26-17)27-19(28)9-15-11-31-22(25-15)32-12-20(29)24-14-5-3-13(23)4-6-14/h3-8,10-11H,2,9,12H2,1H3,(H,24,29)(H,26,27,28). The van der Waals surface area contributed by atoms with Crippen LogP contribution < -0.4 is 15.4 Å². The Bertz CT molecular complexity index is 1270. The fourth-order valence-corrected chi connectivity index (χ4v) is 5.39. The van der Waals surface area contributed by atoms with Crippen LogP contribution in [0.3, 0.4) is 0 Å². The Balaban J connectivity index is 1.27. The van der Waals surface area contributed by atoms with Crippen molar-refractivity contribution in [1.29, 1.82) is 0 Å². The molecule has 2 aromatic heterocycles. The molecule has 0 unspecified atom stereocenters. The molecule has 2 N–H and O–H groups in total. The monoisotopic (exact) mass is 502 g/mol. The predicted octanol–water partition coefficient (Wildman–Crippen LogP) is 5.20. The summed E-state index contributed by atoms with van der Waals surface area (Å²) in [5.74, 6) is 0.136. The van der Waals surface area contributed by atoms with Crippen LogP contribution in [-0.2, 0) is 16.0 Å². The first kappa shape index (κ1) is 23.1. The first-order chi connectivity index (χ1) is 16.0. The summed E-state index contributed by atoms with van der Waals surface area (Å²) in [6, 6.07) is 11.2. The van der Waals surface area contributed by atoms with Gasteiger partial charge in [-0.25, -0.2) is 14.4 Å². The zero-order chi connectivity index (χ0) is 23.2. The number of hydrogen-bond acceptors (Lipinski definition) is 8. The van der Waals surface area contributed by atoms with Crippen molar-refractivity contribution in [2.45, 2.75) is 17.7 Å². The molecular formula is C22H19FN4O3S3. The van der Waals surface area contributed by atoms with E-state index in [-0.39, 0.29) is 29.8 Å². The Hall–Kier alpha value is -3.02. The molecule has 33 heavy (non-hydrogen) atoms. The van der Waals surface area contributed by atoms with E-state index < -0.39 is 0 Å². The Labute approximate surface area is 201 Å². The van der Waals surface area contributed by atoms with E-state index in [1.807, 2.05) is 25.1 Å². The van der Waals surface area contributed by atoms with Crippen molar-refractivity contribution in [1.82, 2.24) is 9.97 Å². The number of fused-ring (bicyclic) bond motifs is 1. The first-order valence-corrected chi connectivity index (χ1v) is 12.6. The average molecular weight is 503 g/mol. The molecule has 4 aromatic rings. The summed E-state index contributed by atoms with van der Waals surface area (Å²) >= 11 is 4.04. The van der Waals surface area contributed by atoms with Gasteiger partial charge in [-0.2, -0.15) is 0 Å². The van der Waals surface area contributed by atoms with Crippen LogP contribution in [0.25, 0.3) is 10.2 Å². The van der Waals surface area contributed by atoms with Gasteiger partial charge in [0.25, 0.3) is 0 Å². The van der Waals surface area contributed by atoms with Crippen LogP contribution in [0.4, 0.5) is 15.2 Å². The lowest BCUT2D eigenvalue weighted by Crippen LogP contribution is -2.14. The largest absolute Gasteiger partial charge is 0.494 e. The van der Waals surface area contributed by atoms with Gasteiger partial charge in [0.15, 0.2) is 9.47 Å². The molecule has 2 aromatic carbocycles. The smallest absolute Gasteiger partial charge is 0.234 e. The molecule has 0 saturated carbocycles. The molecule has 170 valence electrons. The number of benzene rings is 2. The molecule has 7 nitrogen and oxygen atoms in total. The number of aromatic nitrogens is 2. The van der Waals surface area contributed by atoms with Crippen LogP contribution in [0, 0.1) is 5.82 Å². The van der Waals surface area contributed by atoms with E-state index in [1.54, 1.807) is 5.38 Å². The quantitative estimate of drug-likeness (QED) is 0.306. The van der Waals surface area contributed by atoms with Gasteiger partial charge in [0.2, 0.25) is 11.8 Å². The molecule has 0 saturated heterocycles. The number of thioether (sulfide) groups is 1. The van der Waals surface area contributed by atoms with Crippen LogP contribution in [0.5, 0.6) is 5.75 Å². The van der Waals surface area contributed by atoms with Gasteiger partial charge in [0.05, 0.1) is 34.7 Å². The summed E-state index contributed by atoms with van der Waals surface area (Å²) in [5.41, 5.74) is 1.95. The maximum atomic E-state index is 12.9. The molecule has 0 radical (unpaired) electrons. The number of rotatable bonds is 9. The minimum Gasteiger partial charge on any atom is -0.494 e. The molecule has 0 aliphatic heterocycles. The number of carbonyl (C=O) groups is 2. The third kappa shape index (κ3) is 6.50. The van der Waals surface area contributed by atoms with Crippen molar-refractivity contribution < 1.29 is 18.7 Å². The van der Waals surface area contributed by atoms with E-state index in [0.29, 0.717) is 27.5 Å². The highest BCUT2D eigenvalue weighted by Crippen LogP contribution is 2.29. The molecule has 0 aliphatic carbocycles. The van der Waals surface area contributed by atoms with Gasteiger partial charge in [0.1, 0.15) is 11.6 Å². The number of carbonyl (C=O) groups excluding carboxylic acids is 2. The maximum absolute atomic E-state index is 12.9. The van der Waals surface area contributed by atoms with Gasteiger partial charge in [0, 0.05) is 11.1 Å². The van der Waals surface area contributed by atoms with Gasteiger partial charge < -0.3 is 15.4 Å². The first-order valence-electron chi connectivity index (χ1n) is 9.94. The molecule has 0 bridgehead atoms. The van der Waals surface area contributed by atoms with Crippen molar-refractivity contribution in [3.63, 3.8) is 0 Å². The molecule has 2 amide bonds. The van der Waals surface area contributed by atoms with Crippen molar-refractivity contribution in [3.05, 3.63) is 59.4 Å². The van der Waals surface area contributed by atoms with E-state index in [2.05, 4.69) is 20.6 Å². The van der Waals surface area contributed by atoms with Crippen molar-refractivity contribution in [2.75, 3.05) is 23.0 Å². The Morgan fingerprint density at radius 1 is 1.09 bits per heavy atom. The van der Waals surface area contributed by atoms with Crippen LogP contribution in [0.1, 0.15) is 12.6 Å². The molecule has 0 atom stereocenters. The van der Waals surface area contributed by atoms with Crippen LogP contribution in [0.15, 0.2) is 52.2 Å². The maximum Gasteiger partial charge on any atom is 0.234 e. The topological polar surface area (TPSA) is 93.2 Å². The summed E-state index contributed by atoms with van der Waals surface area (Å²) in [6.45, 7) is 2.51. The Morgan fingerprint density at radius 3 is 2.70 bits per heavy atom. The van der Waals surface area contributed by atoms with Crippen LogP contribution >= 0.6 is 34.4 Å². The number of thiazole rings is 2. The molecule has 11 heteroatoms. The number of halogens is 1. The van der Waals surface area contributed by atoms with Crippen molar-refractivity contribution in [3.8, 4) is 5.75 Å². The van der Waals surface area contributed by atoms with Gasteiger partial charge in [-0.15, -0.1) is 11.3 Å². The number of nitrogens with one attached hydrogen (secondary N) is 2. The SMILES string of the molecule is CCOc1ccc2nc(NC(=O)Cc3csc(SCC(=O)Nc4ccc(F)cc4)n3)sc2c1. The second kappa shape index (κ2) is 10.7. The summed E-state index contributed by atoms with van der Waals surface area (Å²) in [4.78, 5) is 33.3. The lowest BCUT2D eigenvalue weighted by molar-refractivity contribution is -0.116. The fourth-order valence-electron chi connectivity index (χ4n) is 2.84. The normalized spacial score (nSPS) is 10.8. The molecule has 0 fully saturated rings. The fraction of sp³-hybridized carbons (Fsp3) is 0.182. The average Bonchev–Trinajstić information content (AvgIpc) is 3.40. The third-order valence-corrected chi connectivity index (χ3v) is 7.25. The molecule has 0 aliphatic rings. The predicted molar refractivity (Wildman–Crippen MR) is 131 cm³/mol. The van der Waals surface area contributed by atoms with E-state index in [9.17, 15) is 14.0 Å². The zero-order valence-corrected chi connectivity index (χ0v) is 19.9. The highest BCUT2D eigenvalue weighted by atomic mass is 32.2. The van der Waals surface area contributed by atoms with E-state index >= 15 is 0 Å². The summed E-state index contributed by atoms with van der Waals surface area (Å²) in [5, 5.41) is 7.83. The number of anilines is 2. The number of ether oxygens (including phenoxy) is 1. The van der Waals surface area contributed by atoms with E-state index in [4.69, 9.17) is 4.74 Å². The van der Waals surface area contributed by atoms with Gasteiger partial charge >= 0.3 is 0 Å². The van der Waals surface area contributed by atoms with Crippen molar-refractivity contribution >= 4 is 67.3 Å². The third-order valence-electron chi connectivity index (χ3n) is 4.24. The van der Waals surface area contributed by atoms with Gasteiger partial charge in [-0.1, -0.05) is 23.1 Å².